The lowest BCUT2D eigenvalue weighted by Crippen LogP contribution is -2.59. The van der Waals surface area contributed by atoms with Crippen molar-refractivity contribution in [3.8, 4) is 0 Å². The van der Waals surface area contributed by atoms with Crippen LogP contribution in [0.15, 0.2) is 30.3 Å². The molecule has 3 rings (SSSR count). The summed E-state index contributed by atoms with van der Waals surface area (Å²) in [5.41, 5.74) is -0.499. The lowest BCUT2D eigenvalue weighted by atomic mass is 9.78. The van der Waals surface area contributed by atoms with Crippen LogP contribution in [0.2, 0.25) is 0 Å². The highest BCUT2D eigenvalue weighted by atomic mass is 16.7. The van der Waals surface area contributed by atoms with E-state index in [1.54, 1.807) is 0 Å². The Morgan fingerprint density at radius 2 is 1.71 bits per heavy atom. The number of carbonyl (C=O) groups is 2. The van der Waals surface area contributed by atoms with Crippen LogP contribution in [0.5, 0.6) is 0 Å². The predicted octanol–water partition coefficient (Wildman–Crippen LogP) is 2.05. The first-order valence-electron chi connectivity index (χ1n) is 8.04. The minimum atomic E-state index is -1.34. The topological polar surface area (TPSA) is 94.1 Å². The molecule has 0 radical (unpaired) electrons. The number of hydrogen-bond donors (Lipinski definition) is 2. The molecular weight excluding hydrogens is 314 g/mol. The molecule has 24 heavy (non-hydrogen) atoms. The molecule has 1 spiro atoms. The fraction of sp³-hybridized carbons (Fsp3) is 0.529. The van der Waals surface area contributed by atoms with Crippen molar-refractivity contribution >= 4 is 12.1 Å². The number of alkyl carbamates (subject to hydrolysis) is 1. The minimum absolute atomic E-state index is 0.0958. The number of benzene rings is 1. The fourth-order valence-electron chi connectivity index (χ4n) is 3.19. The molecule has 2 aliphatic rings. The Bertz CT molecular complexity index is 586. The number of hydrogen-bond acceptors (Lipinski definition) is 5. The van der Waals surface area contributed by atoms with E-state index in [0.29, 0.717) is 26.1 Å². The Hall–Kier alpha value is -2.12. The van der Waals surface area contributed by atoms with E-state index in [1.807, 2.05) is 30.3 Å². The molecule has 7 nitrogen and oxygen atoms in total. The number of rotatable bonds is 4. The molecule has 0 atom stereocenters. The van der Waals surface area contributed by atoms with Crippen molar-refractivity contribution in [3.63, 3.8) is 0 Å². The van der Waals surface area contributed by atoms with E-state index in [0.717, 1.165) is 5.56 Å². The Morgan fingerprint density at radius 1 is 1.08 bits per heavy atom. The lowest BCUT2D eigenvalue weighted by Gasteiger charge is -2.41. The number of ether oxygens (including phenoxy) is 3. The number of aliphatic carboxylic acids is 1. The third-order valence-electron chi connectivity index (χ3n) is 4.64. The molecule has 0 aromatic heterocycles. The zero-order valence-electron chi connectivity index (χ0n) is 13.3. The molecule has 1 aromatic carbocycles. The molecule has 0 unspecified atom stereocenters. The molecule has 1 saturated heterocycles. The van der Waals surface area contributed by atoms with Crippen molar-refractivity contribution in [2.24, 2.45) is 0 Å². The third kappa shape index (κ3) is 3.52. The van der Waals surface area contributed by atoms with Crippen LogP contribution in [-0.4, -0.2) is 41.7 Å². The van der Waals surface area contributed by atoms with Crippen LogP contribution < -0.4 is 5.32 Å². The molecule has 1 amide bonds. The molecule has 1 heterocycles. The van der Waals surface area contributed by atoms with Gasteiger partial charge in [0, 0.05) is 12.8 Å². The summed E-state index contributed by atoms with van der Waals surface area (Å²) in [5, 5.41) is 12.1. The van der Waals surface area contributed by atoms with E-state index >= 15 is 0 Å². The summed E-state index contributed by atoms with van der Waals surface area (Å²) in [6.07, 6.45) is 0.604. The highest BCUT2D eigenvalue weighted by Gasteiger charge is 2.51. The van der Waals surface area contributed by atoms with Crippen LogP contribution in [0.1, 0.15) is 31.2 Å². The van der Waals surface area contributed by atoms with Gasteiger partial charge in [0.15, 0.2) is 5.79 Å². The quantitative estimate of drug-likeness (QED) is 0.875. The predicted molar refractivity (Wildman–Crippen MR) is 83.2 cm³/mol. The number of carboxylic acids is 1. The Morgan fingerprint density at radius 3 is 2.29 bits per heavy atom. The summed E-state index contributed by atoms with van der Waals surface area (Å²) < 4.78 is 16.4. The van der Waals surface area contributed by atoms with Crippen molar-refractivity contribution in [2.75, 3.05) is 13.2 Å². The second kappa shape index (κ2) is 6.78. The normalized spacial score (nSPS) is 21.3. The van der Waals surface area contributed by atoms with E-state index in [2.05, 4.69) is 5.32 Å². The highest BCUT2D eigenvalue weighted by Crippen LogP contribution is 2.40. The first-order chi connectivity index (χ1) is 11.5. The fourth-order valence-corrected chi connectivity index (χ4v) is 3.19. The lowest BCUT2D eigenvalue weighted by molar-refractivity contribution is -0.190. The molecular formula is C17H21NO6. The van der Waals surface area contributed by atoms with Gasteiger partial charge in [-0.3, -0.25) is 0 Å². The van der Waals surface area contributed by atoms with Crippen LogP contribution in [0.3, 0.4) is 0 Å². The smallest absolute Gasteiger partial charge is 0.408 e. The van der Waals surface area contributed by atoms with Gasteiger partial charge in [0.1, 0.15) is 12.1 Å². The van der Waals surface area contributed by atoms with Crippen molar-refractivity contribution in [1.82, 2.24) is 5.32 Å². The van der Waals surface area contributed by atoms with Gasteiger partial charge in [-0.15, -0.1) is 0 Å². The summed E-state index contributed by atoms with van der Waals surface area (Å²) in [6.45, 7) is 1.14. The van der Waals surface area contributed by atoms with E-state index in [-0.39, 0.29) is 19.4 Å². The Balaban J connectivity index is 1.58. The van der Waals surface area contributed by atoms with Crippen LogP contribution in [-0.2, 0) is 25.6 Å². The maximum atomic E-state index is 12.0. The van der Waals surface area contributed by atoms with Gasteiger partial charge in [-0.05, 0) is 18.4 Å². The summed E-state index contributed by atoms with van der Waals surface area (Å²) in [4.78, 5) is 23.8. The van der Waals surface area contributed by atoms with Crippen molar-refractivity contribution in [1.29, 1.82) is 0 Å². The van der Waals surface area contributed by atoms with Gasteiger partial charge in [0.2, 0.25) is 0 Å². The van der Waals surface area contributed by atoms with E-state index in [9.17, 15) is 14.7 Å². The van der Waals surface area contributed by atoms with E-state index in [1.165, 1.54) is 0 Å². The van der Waals surface area contributed by atoms with Crippen LogP contribution in [0.25, 0.3) is 0 Å². The average Bonchev–Trinajstić information content (AvgIpc) is 3.05. The first-order valence-corrected chi connectivity index (χ1v) is 8.04. The molecule has 0 bridgehead atoms. The van der Waals surface area contributed by atoms with Gasteiger partial charge >= 0.3 is 12.1 Å². The summed E-state index contributed by atoms with van der Waals surface area (Å²) in [5.74, 6) is -1.75. The zero-order chi connectivity index (χ0) is 17.0. The number of carboxylic acid groups (broad SMARTS) is 1. The van der Waals surface area contributed by atoms with Gasteiger partial charge in [-0.2, -0.15) is 0 Å². The van der Waals surface area contributed by atoms with E-state index in [4.69, 9.17) is 14.2 Å². The second-order valence-electron chi connectivity index (χ2n) is 6.18. The van der Waals surface area contributed by atoms with Crippen LogP contribution >= 0.6 is 0 Å². The summed E-state index contributed by atoms with van der Waals surface area (Å²) >= 11 is 0. The first kappa shape index (κ1) is 16.7. The molecule has 2 N–H and O–H groups in total. The molecule has 1 aliphatic carbocycles. The van der Waals surface area contributed by atoms with Crippen LogP contribution in [0, 0.1) is 0 Å². The molecule has 7 heteroatoms. The van der Waals surface area contributed by atoms with Crippen molar-refractivity contribution < 1.29 is 28.9 Å². The number of nitrogens with one attached hydrogen (secondary N) is 1. The second-order valence-corrected chi connectivity index (χ2v) is 6.18. The van der Waals surface area contributed by atoms with Gasteiger partial charge < -0.3 is 24.6 Å². The number of carbonyl (C=O) groups excluding carboxylic acids is 1. The monoisotopic (exact) mass is 335 g/mol. The summed E-state index contributed by atoms with van der Waals surface area (Å²) in [7, 11) is 0. The average molecular weight is 335 g/mol. The van der Waals surface area contributed by atoms with Crippen molar-refractivity contribution in [2.45, 2.75) is 43.6 Å². The molecule has 1 saturated carbocycles. The van der Waals surface area contributed by atoms with E-state index < -0.39 is 23.4 Å². The van der Waals surface area contributed by atoms with Gasteiger partial charge in [0.25, 0.3) is 0 Å². The minimum Gasteiger partial charge on any atom is -0.480 e. The molecule has 2 fully saturated rings. The van der Waals surface area contributed by atoms with Crippen LogP contribution in [0.4, 0.5) is 4.79 Å². The Labute approximate surface area is 139 Å². The zero-order valence-corrected chi connectivity index (χ0v) is 13.3. The van der Waals surface area contributed by atoms with Crippen molar-refractivity contribution in [3.05, 3.63) is 35.9 Å². The molecule has 130 valence electrons. The maximum Gasteiger partial charge on any atom is 0.408 e. The standard InChI is InChI=1S/C17H21NO6/c19-14(20)16(6-8-17(9-7-16)23-10-11-24-17)18-15(21)22-12-13-4-2-1-3-5-13/h1-5H,6-12H2,(H,18,21)(H,19,20). The largest absolute Gasteiger partial charge is 0.480 e. The number of amides is 1. The highest BCUT2D eigenvalue weighted by molar-refractivity contribution is 5.84. The van der Waals surface area contributed by atoms with Gasteiger partial charge in [0.05, 0.1) is 13.2 Å². The Kier molecular flexibility index (Phi) is 4.73. The molecule has 1 aliphatic heterocycles. The third-order valence-corrected chi connectivity index (χ3v) is 4.64. The summed E-state index contributed by atoms with van der Waals surface area (Å²) in [6, 6.07) is 9.22. The SMILES string of the molecule is O=C(NC1(C(=O)O)CCC2(CC1)OCCO2)OCc1ccccc1. The maximum absolute atomic E-state index is 12.0. The van der Waals surface area contributed by atoms with Gasteiger partial charge in [-0.25, -0.2) is 9.59 Å². The molecule has 1 aromatic rings. The van der Waals surface area contributed by atoms with Gasteiger partial charge in [-0.1, -0.05) is 30.3 Å².